The summed E-state index contributed by atoms with van der Waals surface area (Å²) in [6.07, 6.45) is -0.0442. The second kappa shape index (κ2) is 7.51. The van der Waals surface area contributed by atoms with Crippen LogP contribution in [0.4, 0.5) is 0 Å². The maximum Gasteiger partial charge on any atom is 0.269 e. The van der Waals surface area contributed by atoms with E-state index in [-0.39, 0.29) is 29.3 Å². The Kier molecular flexibility index (Phi) is 5.36. The van der Waals surface area contributed by atoms with Crippen LogP contribution in [0.15, 0.2) is 29.2 Å². The molecule has 0 saturated carbocycles. The van der Waals surface area contributed by atoms with Crippen LogP contribution in [-0.2, 0) is 19.6 Å². The minimum absolute atomic E-state index is 0.0105. The molecule has 0 aromatic heterocycles. The second-order valence-electron chi connectivity index (χ2n) is 6.09. The molecule has 0 radical (unpaired) electrons. The summed E-state index contributed by atoms with van der Waals surface area (Å²) in [4.78, 5) is 25.6. The van der Waals surface area contributed by atoms with E-state index in [4.69, 9.17) is 4.74 Å². The fraction of sp³-hybridized carbons (Fsp3) is 0.500. The molecule has 1 fully saturated rings. The number of amides is 2. The zero-order valence-electron chi connectivity index (χ0n) is 13.9. The van der Waals surface area contributed by atoms with Crippen molar-refractivity contribution < 1.29 is 27.6 Å². The minimum Gasteiger partial charge on any atom is -0.370 e. The van der Waals surface area contributed by atoms with Gasteiger partial charge >= 0.3 is 0 Å². The smallest absolute Gasteiger partial charge is 0.269 e. The van der Waals surface area contributed by atoms with Crippen LogP contribution in [0.1, 0.15) is 16.8 Å². The molecular formula is C16H22N3O5S+. The molecule has 0 aliphatic carbocycles. The summed E-state index contributed by atoms with van der Waals surface area (Å²) in [7, 11) is -3.84. The number of fused-ring (bicyclic) bond motifs is 1. The van der Waals surface area contributed by atoms with Crippen molar-refractivity contribution in [3.63, 3.8) is 0 Å². The first-order valence-electron chi connectivity index (χ1n) is 8.34. The number of ether oxygens (including phenoxy) is 1. The van der Waals surface area contributed by atoms with Crippen molar-refractivity contribution in [2.75, 3.05) is 45.9 Å². The number of benzene rings is 1. The van der Waals surface area contributed by atoms with Gasteiger partial charge in [0.1, 0.15) is 18.0 Å². The van der Waals surface area contributed by atoms with Crippen molar-refractivity contribution in [3.05, 3.63) is 29.8 Å². The van der Waals surface area contributed by atoms with Crippen molar-refractivity contribution in [2.24, 2.45) is 0 Å². The molecule has 2 amide bonds. The van der Waals surface area contributed by atoms with Gasteiger partial charge in [-0.1, -0.05) is 12.1 Å². The quantitative estimate of drug-likeness (QED) is 0.621. The molecule has 1 saturated heterocycles. The van der Waals surface area contributed by atoms with Gasteiger partial charge in [-0.25, -0.2) is 12.7 Å². The number of nitrogens with zero attached hydrogens (tertiary/aromatic N) is 1. The average Bonchev–Trinajstić information content (AvgIpc) is 2.81. The van der Waals surface area contributed by atoms with Crippen molar-refractivity contribution >= 4 is 21.8 Å². The zero-order chi connectivity index (χ0) is 17.9. The van der Waals surface area contributed by atoms with Crippen LogP contribution < -0.4 is 10.2 Å². The highest BCUT2D eigenvalue weighted by Crippen LogP contribution is 2.29. The number of carbonyl (C=O) groups is 2. The van der Waals surface area contributed by atoms with Gasteiger partial charge in [-0.05, 0) is 12.1 Å². The molecule has 1 aromatic rings. The Morgan fingerprint density at radius 2 is 1.96 bits per heavy atom. The molecule has 0 unspecified atom stereocenters. The molecule has 2 N–H and O–H groups in total. The Hall–Kier alpha value is -1.97. The lowest BCUT2D eigenvalue weighted by Gasteiger charge is -2.23. The zero-order valence-corrected chi connectivity index (χ0v) is 14.7. The summed E-state index contributed by atoms with van der Waals surface area (Å²) in [5.41, 5.74) is 0.166. The first kappa shape index (κ1) is 17.8. The van der Waals surface area contributed by atoms with Gasteiger partial charge in [0, 0.05) is 13.0 Å². The summed E-state index contributed by atoms with van der Waals surface area (Å²) < 4.78 is 30.8. The fourth-order valence-electron chi connectivity index (χ4n) is 3.03. The Balaban J connectivity index is 1.48. The fourth-order valence-corrected chi connectivity index (χ4v) is 4.60. The third-order valence-electron chi connectivity index (χ3n) is 4.45. The maximum atomic E-state index is 12.4. The second-order valence-corrected chi connectivity index (χ2v) is 7.92. The normalized spacial score (nSPS) is 19.7. The van der Waals surface area contributed by atoms with Crippen LogP contribution in [0.5, 0.6) is 0 Å². The monoisotopic (exact) mass is 368 g/mol. The number of morpholine rings is 1. The van der Waals surface area contributed by atoms with Gasteiger partial charge < -0.3 is 15.0 Å². The molecule has 136 valence electrons. The summed E-state index contributed by atoms with van der Waals surface area (Å²) in [6.45, 7) is 4.50. The van der Waals surface area contributed by atoms with E-state index in [0.29, 0.717) is 6.54 Å². The van der Waals surface area contributed by atoms with Gasteiger partial charge in [0.25, 0.3) is 15.9 Å². The van der Waals surface area contributed by atoms with Gasteiger partial charge in [0.05, 0.1) is 31.9 Å². The predicted octanol–water partition coefficient (Wildman–Crippen LogP) is -1.75. The van der Waals surface area contributed by atoms with Crippen LogP contribution >= 0.6 is 0 Å². The van der Waals surface area contributed by atoms with E-state index in [0.717, 1.165) is 37.2 Å². The Bertz CT molecular complexity index is 759. The molecule has 0 atom stereocenters. The largest absolute Gasteiger partial charge is 0.370 e. The first-order valence-corrected chi connectivity index (χ1v) is 9.78. The Labute approximate surface area is 146 Å². The third kappa shape index (κ3) is 3.83. The third-order valence-corrected chi connectivity index (χ3v) is 6.30. The number of hydrogen-bond donors (Lipinski definition) is 2. The lowest BCUT2D eigenvalue weighted by molar-refractivity contribution is -0.906. The van der Waals surface area contributed by atoms with E-state index >= 15 is 0 Å². The predicted molar refractivity (Wildman–Crippen MR) is 88.7 cm³/mol. The average molecular weight is 368 g/mol. The van der Waals surface area contributed by atoms with Crippen LogP contribution in [0.25, 0.3) is 0 Å². The highest BCUT2D eigenvalue weighted by Gasteiger charge is 2.40. The van der Waals surface area contributed by atoms with E-state index in [1.54, 1.807) is 12.1 Å². The van der Waals surface area contributed by atoms with E-state index < -0.39 is 15.9 Å². The molecule has 8 nitrogen and oxygen atoms in total. The number of quaternary nitrogens is 1. The molecule has 25 heavy (non-hydrogen) atoms. The molecule has 9 heteroatoms. The van der Waals surface area contributed by atoms with Gasteiger partial charge in [0.15, 0.2) is 0 Å². The summed E-state index contributed by atoms with van der Waals surface area (Å²) in [5, 5.41) is 2.78. The van der Waals surface area contributed by atoms with E-state index in [1.165, 1.54) is 17.0 Å². The van der Waals surface area contributed by atoms with Gasteiger partial charge in [-0.15, -0.1) is 0 Å². The molecule has 0 spiro atoms. The van der Waals surface area contributed by atoms with E-state index in [2.05, 4.69) is 5.32 Å². The molecular weight excluding hydrogens is 346 g/mol. The molecule has 2 aliphatic heterocycles. The molecule has 2 aliphatic rings. The van der Waals surface area contributed by atoms with Gasteiger partial charge in [-0.3, -0.25) is 9.59 Å². The van der Waals surface area contributed by atoms with Crippen LogP contribution in [-0.4, -0.2) is 70.5 Å². The highest BCUT2D eigenvalue weighted by molar-refractivity contribution is 7.90. The van der Waals surface area contributed by atoms with Gasteiger partial charge in [0.2, 0.25) is 5.91 Å². The highest BCUT2D eigenvalue weighted by atomic mass is 32.2. The maximum absolute atomic E-state index is 12.4. The molecule has 1 aromatic carbocycles. The van der Waals surface area contributed by atoms with Crippen molar-refractivity contribution in [2.45, 2.75) is 11.3 Å². The molecule has 2 heterocycles. The molecule has 3 rings (SSSR count). The van der Waals surface area contributed by atoms with Crippen LogP contribution in [0, 0.1) is 0 Å². The van der Waals surface area contributed by atoms with Gasteiger partial charge in [-0.2, -0.15) is 0 Å². The van der Waals surface area contributed by atoms with Crippen molar-refractivity contribution in [1.29, 1.82) is 0 Å². The Morgan fingerprint density at radius 3 is 2.68 bits per heavy atom. The minimum atomic E-state index is -3.84. The topological polar surface area (TPSA) is 97.2 Å². The van der Waals surface area contributed by atoms with Crippen molar-refractivity contribution in [1.82, 2.24) is 9.62 Å². The van der Waals surface area contributed by atoms with Crippen LogP contribution in [0.3, 0.4) is 0 Å². The Morgan fingerprint density at radius 1 is 1.24 bits per heavy atom. The lowest BCUT2D eigenvalue weighted by atomic mass is 10.2. The number of nitrogens with one attached hydrogen (secondary N) is 2. The SMILES string of the molecule is O=C(CCN1C(=O)c2ccccc2S1(=O)=O)NCC[NH+]1CCOCC1. The van der Waals surface area contributed by atoms with Crippen molar-refractivity contribution in [3.8, 4) is 0 Å². The summed E-state index contributed by atoms with van der Waals surface area (Å²) >= 11 is 0. The number of rotatable bonds is 6. The summed E-state index contributed by atoms with van der Waals surface area (Å²) in [6, 6.07) is 6.10. The number of sulfonamides is 1. The lowest BCUT2D eigenvalue weighted by Crippen LogP contribution is -3.14. The number of hydrogen-bond acceptors (Lipinski definition) is 5. The first-order chi connectivity index (χ1) is 12.0. The van der Waals surface area contributed by atoms with E-state index in [1.807, 2.05) is 0 Å². The molecule has 0 bridgehead atoms. The standard InChI is InChI=1S/C16H21N3O5S/c20-15(17-6-8-18-9-11-24-12-10-18)5-7-19-16(21)13-3-1-2-4-14(13)25(19,22)23/h1-4H,5-12H2,(H,17,20)/p+1. The van der Waals surface area contributed by atoms with E-state index in [9.17, 15) is 18.0 Å². The summed E-state index contributed by atoms with van der Waals surface area (Å²) in [5.74, 6) is -0.826. The number of carbonyl (C=O) groups excluding carboxylic acids is 2. The van der Waals surface area contributed by atoms with Crippen LogP contribution in [0.2, 0.25) is 0 Å².